The maximum Gasteiger partial charge on any atom is 0.154 e. The van der Waals surface area contributed by atoms with Gasteiger partial charge in [0.15, 0.2) is 9.84 Å². The van der Waals surface area contributed by atoms with Crippen molar-refractivity contribution >= 4 is 15.4 Å². The largest absolute Gasteiger partial charge is 0.379 e. The molecular weight excluding hydrogens is 341 g/mol. The van der Waals surface area contributed by atoms with Gasteiger partial charge in [-0.3, -0.25) is 4.90 Å². The Kier molecular flexibility index (Phi) is 5.57. The first kappa shape index (κ1) is 18.1. The minimum absolute atomic E-state index is 0.0300. The van der Waals surface area contributed by atoms with Gasteiger partial charge in [0.2, 0.25) is 0 Å². The molecule has 134 valence electrons. The fourth-order valence-corrected chi connectivity index (χ4v) is 4.50. The van der Waals surface area contributed by atoms with Gasteiger partial charge in [-0.15, -0.1) is 5.92 Å². The van der Waals surface area contributed by atoms with E-state index in [4.69, 9.17) is 4.74 Å². The van der Waals surface area contributed by atoms with Gasteiger partial charge in [0.1, 0.15) is 5.82 Å². The minimum Gasteiger partial charge on any atom is -0.379 e. The molecule has 6 heteroatoms. The Morgan fingerprint density at radius 3 is 2.68 bits per heavy atom. The van der Waals surface area contributed by atoms with Crippen LogP contribution in [0.15, 0.2) is 24.3 Å². The number of hydrogen-bond acceptors (Lipinski definition) is 4. The molecule has 3 rings (SSSR count). The lowest BCUT2D eigenvalue weighted by atomic mass is 9.91. The number of ether oxygens (including phenoxy) is 1. The highest BCUT2D eigenvalue weighted by atomic mass is 32.2. The van der Waals surface area contributed by atoms with Gasteiger partial charge in [0.25, 0.3) is 0 Å². The van der Waals surface area contributed by atoms with E-state index in [9.17, 15) is 12.8 Å². The third-order valence-electron chi connectivity index (χ3n) is 4.62. The van der Waals surface area contributed by atoms with Crippen LogP contribution in [0.1, 0.15) is 30.5 Å². The Labute approximate surface area is 148 Å². The molecule has 0 N–H and O–H groups in total. The summed E-state index contributed by atoms with van der Waals surface area (Å²) in [5.41, 5.74) is 2.08. The van der Waals surface area contributed by atoms with Crippen molar-refractivity contribution in [3.05, 3.63) is 41.2 Å². The second kappa shape index (κ2) is 7.69. The molecule has 2 heterocycles. The maximum atomic E-state index is 14.7. The second-order valence-electron chi connectivity index (χ2n) is 6.24. The molecule has 0 amide bonds. The molecule has 0 spiro atoms. The normalized spacial score (nSPS) is 21.8. The first-order valence-corrected chi connectivity index (χ1v) is 10.3. The number of morpholine rings is 1. The smallest absolute Gasteiger partial charge is 0.154 e. The first-order chi connectivity index (χ1) is 12.0. The van der Waals surface area contributed by atoms with Gasteiger partial charge in [-0.1, -0.05) is 24.1 Å². The van der Waals surface area contributed by atoms with Crippen LogP contribution in [0.3, 0.4) is 0 Å². The molecule has 1 atom stereocenters. The minimum atomic E-state index is -3.05. The number of halogens is 1. The summed E-state index contributed by atoms with van der Waals surface area (Å²) in [6, 6.07) is 4.80. The summed E-state index contributed by atoms with van der Waals surface area (Å²) in [6.07, 6.45) is 1.99. The SMILES string of the molecule is CC#C[C@H](c1cccc(F)c1C1=CCS(=O)(=O)CC1)N1CCOCC1. The summed E-state index contributed by atoms with van der Waals surface area (Å²) >= 11 is 0. The van der Waals surface area contributed by atoms with E-state index in [-0.39, 0.29) is 23.4 Å². The van der Waals surface area contributed by atoms with Crippen LogP contribution in [0.5, 0.6) is 0 Å². The fraction of sp³-hybridized carbons (Fsp3) is 0.474. The standard InChI is InChI=1S/C19H22FNO3S/c1-2-4-18(21-9-11-24-12-10-21)16-5-3-6-17(20)19(16)15-7-13-25(22,23)14-8-15/h3,5-7,18H,8-14H2,1H3/t18-/m1/s1. The lowest BCUT2D eigenvalue weighted by Gasteiger charge is -2.33. The average molecular weight is 363 g/mol. The third kappa shape index (κ3) is 4.12. The molecule has 0 aromatic heterocycles. The van der Waals surface area contributed by atoms with Crippen LogP contribution in [0.4, 0.5) is 4.39 Å². The van der Waals surface area contributed by atoms with Crippen molar-refractivity contribution in [3.8, 4) is 11.8 Å². The molecular formula is C19H22FNO3S. The van der Waals surface area contributed by atoms with Gasteiger partial charge in [-0.2, -0.15) is 0 Å². The first-order valence-electron chi connectivity index (χ1n) is 8.44. The van der Waals surface area contributed by atoms with Crippen LogP contribution < -0.4 is 0 Å². The highest BCUT2D eigenvalue weighted by molar-refractivity contribution is 7.91. The Morgan fingerprint density at radius 1 is 1.28 bits per heavy atom. The van der Waals surface area contributed by atoms with Crippen LogP contribution in [-0.2, 0) is 14.6 Å². The van der Waals surface area contributed by atoms with Crippen LogP contribution in [0, 0.1) is 17.7 Å². The van der Waals surface area contributed by atoms with E-state index in [1.807, 2.05) is 6.07 Å². The number of benzene rings is 1. The molecule has 0 radical (unpaired) electrons. The molecule has 25 heavy (non-hydrogen) atoms. The predicted octanol–water partition coefficient (Wildman–Crippen LogP) is 2.42. The molecule has 0 unspecified atom stereocenters. The fourth-order valence-electron chi connectivity index (χ4n) is 3.35. The van der Waals surface area contributed by atoms with Gasteiger partial charge >= 0.3 is 0 Å². The maximum absolute atomic E-state index is 14.7. The number of rotatable bonds is 3. The predicted molar refractivity (Wildman–Crippen MR) is 96.2 cm³/mol. The van der Waals surface area contributed by atoms with Gasteiger partial charge in [-0.25, -0.2) is 12.8 Å². The quantitative estimate of drug-likeness (QED) is 0.774. The summed E-state index contributed by atoms with van der Waals surface area (Å²) < 4.78 is 43.5. The highest BCUT2D eigenvalue weighted by Gasteiger charge is 2.27. The molecule has 2 aliphatic heterocycles. The van der Waals surface area contributed by atoms with E-state index < -0.39 is 9.84 Å². The summed E-state index contributed by atoms with van der Waals surface area (Å²) in [5, 5.41) is 0. The van der Waals surface area contributed by atoms with Crippen molar-refractivity contribution in [1.82, 2.24) is 4.90 Å². The van der Waals surface area contributed by atoms with E-state index >= 15 is 0 Å². The summed E-state index contributed by atoms with van der Waals surface area (Å²) in [7, 11) is -3.05. The lowest BCUT2D eigenvalue weighted by molar-refractivity contribution is 0.0269. The highest BCUT2D eigenvalue weighted by Crippen LogP contribution is 2.34. The molecule has 1 aromatic carbocycles. The molecule has 4 nitrogen and oxygen atoms in total. The Hall–Kier alpha value is -1.68. The Balaban J connectivity index is 2.04. The number of hydrogen-bond donors (Lipinski definition) is 0. The monoisotopic (exact) mass is 363 g/mol. The summed E-state index contributed by atoms with van der Waals surface area (Å²) in [4.78, 5) is 2.19. The summed E-state index contributed by atoms with van der Waals surface area (Å²) in [6.45, 7) is 4.52. The zero-order valence-corrected chi connectivity index (χ0v) is 15.1. The van der Waals surface area contributed by atoms with Crippen molar-refractivity contribution in [2.75, 3.05) is 37.8 Å². The Bertz CT molecular complexity index is 830. The van der Waals surface area contributed by atoms with Crippen LogP contribution in [0.25, 0.3) is 5.57 Å². The van der Waals surface area contributed by atoms with E-state index in [1.54, 1.807) is 19.1 Å². The second-order valence-corrected chi connectivity index (χ2v) is 8.47. The third-order valence-corrected chi connectivity index (χ3v) is 6.12. The average Bonchev–Trinajstić information content (AvgIpc) is 2.61. The number of allylic oxidation sites excluding steroid dienone is 1. The molecule has 2 aliphatic rings. The molecule has 1 aromatic rings. The van der Waals surface area contributed by atoms with Crippen molar-refractivity contribution in [3.63, 3.8) is 0 Å². The van der Waals surface area contributed by atoms with Crippen molar-refractivity contribution in [2.45, 2.75) is 19.4 Å². The van der Waals surface area contributed by atoms with Gasteiger partial charge < -0.3 is 4.74 Å². The molecule has 0 aliphatic carbocycles. The molecule has 1 fully saturated rings. The number of nitrogens with zero attached hydrogens (tertiary/aromatic N) is 1. The van der Waals surface area contributed by atoms with Crippen LogP contribution in [0.2, 0.25) is 0 Å². The van der Waals surface area contributed by atoms with E-state index in [0.717, 1.165) is 24.2 Å². The van der Waals surface area contributed by atoms with E-state index in [0.29, 0.717) is 25.2 Å². The van der Waals surface area contributed by atoms with Crippen molar-refractivity contribution < 1.29 is 17.5 Å². The molecule has 0 saturated carbocycles. The van der Waals surface area contributed by atoms with Crippen molar-refractivity contribution in [1.29, 1.82) is 0 Å². The van der Waals surface area contributed by atoms with Gasteiger partial charge in [-0.05, 0) is 30.5 Å². The van der Waals surface area contributed by atoms with E-state index in [1.165, 1.54) is 6.07 Å². The molecule has 1 saturated heterocycles. The van der Waals surface area contributed by atoms with Gasteiger partial charge in [0.05, 0.1) is 30.8 Å². The Morgan fingerprint density at radius 2 is 2.04 bits per heavy atom. The van der Waals surface area contributed by atoms with Crippen LogP contribution in [-0.4, -0.2) is 51.1 Å². The number of sulfone groups is 1. The zero-order valence-electron chi connectivity index (χ0n) is 14.3. The topological polar surface area (TPSA) is 46.6 Å². The summed E-state index contributed by atoms with van der Waals surface area (Å²) in [5.74, 6) is 5.87. The lowest BCUT2D eigenvalue weighted by Crippen LogP contribution is -2.39. The van der Waals surface area contributed by atoms with Crippen LogP contribution >= 0.6 is 0 Å². The molecule has 0 bridgehead atoms. The van der Waals surface area contributed by atoms with E-state index in [2.05, 4.69) is 16.7 Å². The van der Waals surface area contributed by atoms with Gasteiger partial charge in [0, 0.05) is 18.7 Å². The zero-order chi connectivity index (χ0) is 17.9. The van der Waals surface area contributed by atoms with Crippen molar-refractivity contribution in [2.24, 2.45) is 0 Å².